The van der Waals surface area contributed by atoms with Crippen LogP contribution in [0.2, 0.25) is 0 Å². The third-order valence-corrected chi connectivity index (χ3v) is 5.05. The summed E-state index contributed by atoms with van der Waals surface area (Å²) in [5, 5.41) is 0. The van der Waals surface area contributed by atoms with Crippen LogP contribution < -0.4 is 5.69 Å². The summed E-state index contributed by atoms with van der Waals surface area (Å²) in [7, 11) is 1.39. The average Bonchev–Trinajstić information content (AvgIpc) is 2.94. The van der Waals surface area contributed by atoms with Crippen molar-refractivity contribution in [2.75, 3.05) is 20.2 Å². The van der Waals surface area contributed by atoms with Gasteiger partial charge in [0.05, 0.1) is 24.1 Å². The highest BCUT2D eigenvalue weighted by Crippen LogP contribution is 2.19. The summed E-state index contributed by atoms with van der Waals surface area (Å²) >= 11 is 0. The zero-order valence-electron chi connectivity index (χ0n) is 15.3. The van der Waals surface area contributed by atoms with Crippen LogP contribution in [0.5, 0.6) is 0 Å². The molecule has 1 fully saturated rings. The van der Waals surface area contributed by atoms with Crippen LogP contribution in [0.15, 0.2) is 29.1 Å². The Morgan fingerprint density at radius 1 is 1.12 bits per heavy atom. The maximum Gasteiger partial charge on any atom is 0.329 e. The number of likely N-dealkylation sites (tertiary alicyclic amines) is 1. The normalized spacial score (nSPS) is 15.4. The molecule has 3 rings (SSSR count). The van der Waals surface area contributed by atoms with Gasteiger partial charge in [-0.2, -0.15) is 0 Å². The Morgan fingerprint density at radius 2 is 1.73 bits per heavy atom. The van der Waals surface area contributed by atoms with Gasteiger partial charge >= 0.3 is 11.7 Å². The first kappa shape index (κ1) is 18.2. The van der Waals surface area contributed by atoms with E-state index in [4.69, 9.17) is 4.74 Å². The Balaban J connectivity index is 1.77. The van der Waals surface area contributed by atoms with E-state index in [0.29, 0.717) is 32.5 Å². The molecule has 1 saturated heterocycles. The van der Waals surface area contributed by atoms with Gasteiger partial charge in [-0.25, -0.2) is 4.79 Å². The summed E-state index contributed by atoms with van der Waals surface area (Å²) in [5.74, 6) is -0.441. The molecule has 26 heavy (non-hydrogen) atoms. The number of amides is 1. The number of carbonyl (C=O) groups excluding carboxylic acids is 2. The second-order valence-corrected chi connectivity index (χ2v) is 6.69. The van der Waals surface area contributed by atoms with Crippen LogP contribution >= 0.6 is 0 Å². The molecule has 1 aliphatic rings. The molecule has 0 atom stereocenters. The maximum atomic E-state index is 12.8. The van der Waals surface area contributed by atoms with E-state index in [-0.39, 0.29) is 30.0 Å². The van der Waals surface area contributed by atoms with Gasteiger partial charge in [0.2, 0.25) is 5.91 Å². The molecule has 0 N–H and O–H groups in total. The lowest BCUT2D eigenvalue weighted by Crippen LogP contribution is -2.43. The number of para-hydroxylation sites is 2. The van der Waals surface area contributed by atoms with Crippen molar-refractivity contribution in [3.63, 3.8) is 0 Å². The number of fused-ring (bicyclic) bond motifs is 1. The van der Waals surface area contributed by atoms with Crippen LogP contribution in [0.3, 0.4) is 0 Å². The standard InChI is InChI=1S/C19H25N3O4/c1-3-10-21-15-6-4-5-7-16(15)22(19(21)25)13-17(23)20-11-8-14(9-12-20)18(24)26-2/h4-7,14H,3,8-13H2,1-2H3. The topological polar surface area (TPSA) is 73.5 Å². The van der Waals surface area contributed by atoms with Gasteiger partial charge in [0.15, 0.2) is 0 Å². The van der Waals surface area contributed by atoms with Crippen LogP contribution in [0, 0.1) is 5.92 Å². The summed E-state index contributed by atoms with van der Waals surface area (Å²) in [6.07, 6.45) is 2.05. The van der Waals surface area contributed by atoms with E-state index in [1.165, 1.54) is 7.11 Å². The number of aryl methyl sites for hydroxylation is 1. The van der Waals surface area contributed by atoms with Crippen LogP contribution in [0.1, 0.15) is 26.2 Å². The number of imidazole rings is 1. The van der Waals surface area contributed by atoms with Gasteiger partial charge in [-0.15, -0.1) is 0 Å². The Kier molecular flexibility index (Phi) is 5.44. The number of nitrogens with zero attached hydrogens (tertiary/aromatic N) is 3. The summed E-state index contributed by atoms with van der Waals surface area (Å²) in [4.78, 5) is 38.8. The van der Waals surface area contributed by atoms with Crippen LogP contribution in [-0.2, 0) is 27.4 Å². The van der Waals surface area contributed by atoms with Gasteiger partial charge in [0.1, 0.15) is 6.54 Å². The highest BCUT2D eigenvalue weighted by molar-refractivity contribution is 5.81. The smallest absolute Gasteiger partial charge is 0.329 e. The number of hydrogen-bond donors (Lipinski definition) is 0. The Morgan fingerprint density at radius 3 is 2.31 bits per heavy atom. The number of carbonyl (C=O) groups is 2. The monoisotopic (exact) mass is 359 g/mol. The average molecular weight is 359 g/mol. The predicted octanol–water partition coefficient (Wildman–Crippen LogP) is 1.62. The number of benzene rings is 1. The fraction of sp³-hybridized carbons (Fsp3) is 0.526. The van der Waals surface area contributed by atoms with Gasteiger partial charge in [-0.3, -0.25) is 18.7 Å². The summed E-state index contributed by atoms with van der Waals surface area (Å²) in [6, 6.07) is 7.56. The third kappa shape index (κ3) is 3.38. The van der Waals surface area contributed by atoms with Crippen molar-refractivity contribution >= 4 is 22.9 Å². The van der Waals surface area contributed by atoms with Crippen molar-refractivity contribution in [1.82, 2.24) is 14.0 Å². The van der Waals surface area contributed by atoms with Gasteiger partial charge in [-0.1, -0.05) is 19.1 Å². The van der Waals surface area contributed by atoms with E-state index in [2.05, 4.69) is 0 Å². The molecule has 1 aromatic carbocycles. The maximum absolute atomic E-state index is 12.8. The van der Waals surface area contributed by atoms with Gasteiger partial charge in [-0.05, 0) is 31.4 Å². The summed E-state index contributed by atoms with van der Waals surface area (Å²) < 4.78 is 8.06. The minimum absolute atomic E-state index is 0.0267. The second-order valence-electron chi connectivity index (χ2n) is 6.69. The lowest BCUT2D eigenvalue weighted by atomic mass is 9.97. The Labute approximate surface area is 152 Å². The molecule has 0 spiro atoms. The Hall–Kier alpha value is -2.57. The number of ether oxygens (including phenoxy) is 1. The van der Waals surface area contributed by atoms with Crippen LogP contribution in [0.4, 0.5) is 0 Å². The van der Waals surface area contributed by atoms with Crippen molar-refractivity contribution in [2.45, 2.75) is 39.3 Å². The Bertz CT molecular complexity index is 859. The molecule has 0 aliphatic carbocycles. The molecule has 7 nitrogen and oxygen atoms in total. The minimum Gasteiger partial charge on any atom is -0.469 e. The van der Waals surface area contributed by atoms with E-state index >= 15 is 0 Å². The fourth-order valence-corrected chi connectivity index (χ4v) is 3.63. The van der Waals surface area contributed by atoms with E-state index in [1.54, 1.807) is 14.0 Å². The first-order valence-electron chi connectivity index (χ1n) is 9.10. The number of esters is 1. The second kappa shape index (κ2) is 7.76. The molecule has 7 heteroatoms. The van der Waals surface area contributed by atoms with Gasteiger partial charge < -0.3 is 9.64 Å². The minimum atomic E-state index is -0.212. The number of aromatic nitrogens is 2. The molecule has 2 aromatic rings. The predicted molar refractivity (Wildman–Crippen MR) is 97.8 cm³/mol. The van der Waals surface area contributed by atoms with Crippen molar-refractivity contribution in [3.05, 3.63) is 34.7 Å². The fourth-order valence-electron chi connectivity index (χ4n) is 3.63. The number of rotatable bonds is 5. The third-order valence-electron chi connectivity index (χ3n) is 5.05. The highest BCUT2D eigenvalue weighted by Gasteiger charge is 2.28. The van der Waals surface area contributed by atoms with Gasteiger partial charge in [0.25, 0.3) is 0 Å². The zero-order chi connectivity index (χ0) is 18.7. The molecule has 1 aromatic heterocycles. The highest BCUT2D eigenvalue weighted by atomic mass is 16.5. The molecule has 1 aliphatic heterocycles. The first-order valence-corrected chi connectivity index (χ1v) is 9.10. The molecule has 0 bridgehead atoms. The van der Waals surface area contributed by atoms with Crippen LogP contribution in [0.25, 0.3) is 11.0 Å². The lowest BCUT2D eigenvalue weighted by Gasteiger charge is -2.30. The molecule has 0 unspecified atom stereocenters. The summed E-state index contributed by atoms with van der Waals surface area (Å²) in [5.41, 5.74) is 1.49. The quantitative estimate of drug-likeness (QED) is 0.761. The first-order chi connectivity index (χ1) is 12.6. The number of methoxy groups -OCH3 is 1. The number of piperidine rings is 1. The van der Waals surface area contributed by atoms with E-state index < -0.39 is 0 Å². The molecular formula is C19H25N3O4. The SMILES string of the molecule is CCCn1c(=O)n(CC(=O)N2CCC(C(=O)OC)CC2)c2ccccc21. The number of hydrogen-bond acceptors (Lipinski definition) is 4. The molecule has 1 amide bonds. The molecule has 0 saturated carbocycles. The molecule has 0 radical (unpaired) electrons. The van der Waals surface area contributed by atoms with Crippen molar-refractivity contribution in [2.24, 2.45) is 5.92 Å². The molecule has 140 valence electrons. The van der Waals surface area contributed by atoms with Gasteiger partial charge in [0, 0.05) is 19.6 Å². The van der Waals surface area contributed by atoms with Crippen LogP contribution in [-0.4, -0.2) is 46.1 Å². The lowest BCUT2D eigenvalue weighted by molar-refractivity contribution is -0.149. The summed E-state index contributed by atoms with van der Waals surface area (Å²) in [6.45, 7) is 3.71. The molecule has 2 heterocycles. The molecular weight excluding hydrogens is 334 g/mol. The largest absolute Gasteiger partial charge is 0.469 e. The van der Waals surface area contributed by atoms with E-state index in [9.17, 15) is 14.4 Å². The van der Waals surface area contributed by atoms with Crippen molar-refractivity contribution in [1.29, 1.82) is 0 Å². The van der Waals surface area contributed by atoms with E-state index in [1.807, 2.05) is 31.2 Å². The van der Waals surface area contributed by atoms with Crippen molar-refractivity contribution in [3.8, 4) is 0 Å². The van der Waals surface area contributed by atoms with E-state index in [0.717, 1.165) is 17.5 Å². The van der Waals surface area contributed by atoms with Crippen molar-refractivity contribution < 1.29 is 14.3 Å². The zero-order valence-corrected chi connectivity index (χ0v) is 15.3.